The van der Waals surface area contributed by atoms with E-state index in [1.807, 2.05) is 12.4 Å². The third-order valence-electron chi connectivity index (χ3n) is 7.80. The van der Waals surface area contributed by atoms with Crippen LogP contribution in [0.4, 0.5) is 4.39 Å². The van der Waals surface area contributed by atoms with Gasteiger partial charge in [0, 0.05) is 41.8 Å². The van der Waals surface area contributed by atoms with Crippen LogP contribution in [0.5, 0.6) is 5.75 Å². The topological polar surface area (TPSA) is 93.4 Å². The van der Waals surface area contributed by atoms with E-state index in [0.717, 1.165) is 31.3 Å². The number of nitrogens with one attached hydrogen (secondary N) is 1. The van der Waals surface area contributed by atoms with Gasteiger partial charge in [0.2, 0.25) is 0 Å². The fourth-order valence-electron chi connectivity index (χ4n) is 5.68. The number of amides is 1. The van der Waals surface area contributed by atoms with Crippen LogP contribution in [-0.2, 0) is 0 Å². The Morgan fingerprint density at radius 3 is 2.50 bits per heavy atom. The summed E-state index contributed by atoms with van der Waals surface area (Å²) in [5.41, 5.74) is 9.20. The number of rotatable bonds is 5. The molecule has 6 rings (SSSR count). The smallest absolute Gasteiger partial charge is 0.258 e. The monoisotopic (exact) mass is 463 g/mol. The van der Waals surface area contributed by atoms with E-state index in [2.05, 4.69) is 15.3 Å². The van der Waals surface area contributed by atoms with E-state index in [-0.39, 0.29) is 18.6 Å². The first kappa shape index (κ1) is 21.5. The van der Waals surface area contributed by atoms with Crippen molar-refractivity contribution in [3.8, 4) is 5.75 Å². The summed E-state index contributed by atoms with van der Waals surface area (Å²) < 4.78 is 20.3. The molecule has 1 aromatic heterocycles. The molecule has 178 valence electrons. The summed E-state index contributed by atoms with van der Waals surface area (Å²) in [5, 5.41) is 3.58. The molecule has 8 heteroatoms. The molecule has 1 aromatic carbocycles. The Balaban J connectivity index is 1.18. The van der Waals surface area contributed by atoms with Gasteiger partial charge in [0.05, 0.1) is 18.7 Å². The summed E-state index contributed by atoms with van der Waals surface area (Å²) >= 11 is 0. The van der Waals surface area contributed by atoms with E-state index in [9.17, 15) is 9.18 Å². The number of hydrogen-bond acceptors (Lipinski definition) is 6. The van der Waals surface area contributed by atoms with Crippen LogP contribution in [0.1, 0.15) is 72.6 Å². The molecule has 2 unspecified atom stereocenters. The molecule has 2 atom stereocenters. The van der Waals surface area contributed by atoms with Crippen LogP contribution in [0.2, 0.25) is 0 Å². The average Bonchev–Trinajstić information content (AvgIpc) is 3.34. The van der Waals surface area contributed by atoms with Crippen molar-refractivity contribution >= 4 is 11.5 Å². The molecule has 3 fully saturated rings. The van der Waals surface area contributed by atoms with Gasteiger partial charge in [-0.05, 0) is 62.1 Å². The van der Waals surface area contributed by atoms with Gasteiger partial charge in [0.15, 0.2) is 5.82 Å². The molecule has 1 aliphatic carbocycles. The molecule has 3 N–H and O–H groups in total. The lowest BCUT2D eigenvalue weighted by atomic mass is 9.81. The molecule has 2 saturated heterocycles. The number of aromatic nitrogens is 2. The molecule has 2 aromatic rings. The van der Waals surface area contributed by atoms with Crippen LogP contribution in [0, 0.1) is 5.82 Å². The Hall–Kier alpha value is -3.00. The third-order valence-corrected chi connectivity index (χ3v) is 7.80. The number of halogens is 1. The maximum absolute atomic E-state index is 14.1. The summed E-state index contributed by atoms with van der Waals surface area (Å²) in [4.78, 5) is 24.2. The van der Waals surface area contributed by atoms with Crippen LogP contribution >= 0.6 is 0 Å². The average molecular weight is 464 g/mol. The number of carbonyl (C=O) groups is 1. The van der Waals surface area contributed by atoms with Crippen LogP contribution < -0.4 is 15.8 Å². The van der Waals surface area contributed by atoms with E-state index in [4.69, 9.17) is 10.5 Å². The number of nitrogens with zero attached hydrogens (tertiary/aromatic N) is 3. The van der Waals surface area contributed by atoms with E-state index < -0.39 is 5.82 Å². The van der Waals surface area contributed by atoms with Crippen LogP contribution in [0.15, 0.2) is 36.3 Å². The number of nitrogens with two attached hydrogens (primary N) is 1. The van der Waals surface area contributed by atoms with Gasteiger partial charge in [0.1, 0.15) is 17.7 Å². The predicted molar refractivity (Wildman–Crippen MR) is 126 cm³/mol. The van der Waals surface area contributed by atoms with Gasteiger partial charge in [-0.25, -0.2) is 14.4 Å². The second-order valence-corrected chi connectivity index (χ2v) is 10.1. The van der Waals surface area contributed by atoms with E-state index in [1.54, 1.807) is 4.90 Å². The first-order chi connectivity index (χ1) is 16.5. The van der Waals surface area contributed by atoms with Crippen molar-refractivity contribution in [1.29, 1.82) is 0 Å². The largest absolute Gasteiger partial charge is 0.489 e. The number of carbonyl (C=O) groups excluding carboxylic acids is 1. The van der Waals surface area contributed by atoms with E-state index in [0.29, 0.717) is 47.4 Å². The second-order valence-electron chi connectivity index (χ2n) is 10.1. The number of piperidine rings is 1. The molecule has 0 spiro atoms. The molecule has 2 bridgehead atoms. The van der Waals surface area contributed by atoms with Gasteiger partial charge < -0.3 is 20.7 Å². The Labute approximate surface area is 198 Å². The summed E-state index contributed by atoms with van der Waals surface area (Å²) in [7, 11) is 0. The molecule has 0 radical (unpaired) electrons. The van der Waals surface area contributed by atoms with E-state index in [1.165, 1.54) is 43.0 Å². The zero-order valence-electron chi connectivity index (χ0n) is 19.2. The lowest BCUT2D eigenvalue weighted by molar-refractivity contribution is 0.0785. The van der Waals surface area contributed by atoms with Gasteiger partial charge in [-0.1, -0.05) is 6.42 Å². The first-order valence-corrected chi connectivity index (χ1v) is 12.3. The highest BCUT2D eigenvalue weighted by molar-refractivity contribution is 5.98. The lowest BCUT2D eigenvalue weighted by Crippen LogP contribution is -2.42. The molecular weight excluding hydrogens is 433 g/mol. The quantitative estimate of drug-likeness (QED) is 0.706. The first-order valence-electron chi connectivity index (χ1n) is 12.3. The minimum Gasteiger partial charge on any atom is -0.489 e. The summed E-state index contributed by atoms with van der Waals surface area (Å²) in [5.74, 6) is 0.800. The number of hydrogen-bond donors (Lipinski definition) is 2. The van der Waals surface area contributed by atoms with Gasteiger partial charge in [-0.2, -0.15) is 0 Å². The Kier molecular flexibility index (Phi) is 5.48. The van der Waals surface area contributed by atoms with Gasteiger partial charge in [-0.15, -0.1) is 0 Å². The van der Waals surface area contributed by atoms with Crippen molar-refractivity contribution in [2.24, 2.45) is 5.73 Å². The maximum Gasteiger partial charge on any atom is 0.258 e. The Morgan fingerprint density at radius 1 is 1.09 bits per heavy atom. The summed E-state index contributed by atoms with van der Waals surface area (Å²) in [6, 6.07) is 5.03. The second kappa shape index (κ2) is 8.65. The third kappa shape index (κ3) is 4.04. The molecular formula is C26H30FN5O2. The minimum atomic E-state index is -0.414. The molecule has 4 heterocycles. The highest BCUT2D eigenvalue weighted by Gasteiger charge is 2.36. The number of benzene rings is 1. The van der Waals surface area contributed by atoms with Crippen molar-refractivity contribution in [3.05, 3.63) is 59.1 Å². The van der Waals surface area contributed by atoms with Crippen molar-refractivity contribution in [3.63, 3.8) is 0 Å². The van der Waals surface area contributed by atoms with Crippen molar-refractivity contribution < 1.29 is 13.9 Å². The zero-order chi connectivity index (χ0) is 23.2. The van der Waals surface area contributed by atoms with Gasteiger partial charge >= 0.3 is 0 Å². The fraction of sp³-hybridized carbons (Fsp3) is 0.500. The SMILES string of the molecule is NC1=C(c2ncc(C3CCC3)cn2)CN(C(=O)c2ccc(F)cc2OC2CC3CCC(C2)N3)C1. The van der Waals surface area contributed by atoms with E-state index >= 15 is 0 Å². The number of fused-ring (bicyclic) bond motifs is 2. The molecule has 1 amide bonds. The Bertz CT molecular complexity index is 1120. The van der Waals surface area contributed by atoms with Crippen LogP contribution in [0.25, 0.3) is 5.57 Å². The van der Waals surface area contributed by atoms with Crippen molar-refractivity contribution in [2.75, 3.05) is 13.1 Å². The minimum absolute atomic E-state index is 0.0213. The van der Waals surface area contributed by atoms with Crippen LogP contribution in [0.3, 0.4) is 0 Å². The predicted octanol–water partition coefficient (Wildman–Crippen LogP) is 3.37. The van der Waals surface area contributed by atoms with Crippen molar-refractivity contribution in [1.82, 2.24) is 20.2 Å². The molecule has 4 aliphatic rings. The molecule has 34 heavy (non-hydrogen) atoms. The van der Waals surface area contributed by atoms with Crippen LogP contribution in [-0.4, -0.2) is 52.1 Å². The standard InChI is InChI=1S/C26H30FN5O2/c27-17-4-7-21(24(8-17)34-20-9-18-5-6-19(10-20)31-18)26(33)32-13-22(23(28)14-32)25-29-11-16(12-30-25)15-2-1-3-15/h4,7-8,11-12,15,18-20,31H,1-3,5-6,9-10,13-14,28H2. The lowest BCUT2D eigenvalue weighted by Gasteiger charge is -2.30. The fourth-order valence-corrected chi connectivity index (χ4v) is 5.68. The normalized spacial score (nSPS) is 26.6. The molecule has 3 aliphatic heterocycles. The molecule has 1 saturated carbocycles. The Morgan fingerprint density at radius 2 is 1.82 bits per heavy atom. The van der Waals surface area contributed by atoms with Gasteiger partial charge in [0.25, 0.3) is 5.91 Å². The van der Waals surface area contributed by atoms with Crippen molar-refractivity contribution in [2.45, 2.75) is 69.1 Å². The number of ether oxygens (including phenoxy) is 1. The summed E-state index contributed by atoms with van der Waals surface area (Å²) in [6.07, 6.45) is 11.4. The zero-order valence-corrected chi connectivity index (χ0v) is 19.2. The molecule has 7 nitrogen and oxygen atoms in total. The van der Waals surface area contributed by atoms with Gasteiger partial charge in [-0.3, -0.25) is 4.79 Å². The highest BCUT2D eigenvalue weighted by Crippen LogP contribution is 2.36. The highest BCUT2D eigenvalue weighted by atomic mass is 19.1. The summed E-state index contributed by atoms with van der Waals surface area (Å²) in [6.45, 7) is 0.609. The maximum atomic E-state index is 14.1.